The van der Waals surface area contributed by atoms with Crippen molar-refractivity contribution in [2.24, 2.45) is 0 Å². The number of thiazole rings is 1. The van der Waals surface area contributed by atoms with Crippen LogP contribution in [0, 0.1) is 6.92 Å². The van der Waals surface area contributed by atoms with Crippen molar-refractivity contribution in [3.63, 3.8) is 0 Å². The van der Waals surface area contributed by atoms with Crippen molar-refractivity contribution in [1.82, 2.24) is 9.97 Å². The number of aromatic nitrogens is 2. The summed E-state index contributed by atoms with van der Waals surface area (Å²) < 4.78 is 1.09. The number of fused-ring (bicyclic) bond motifs is 2. The molecule has 0 atom stereocenters. The van der Waals surface area contributed by atoms with Gasteiger partial charge in [-0.3, -0.25) is 9.69 Å². The van der Waals surface area contributed by atoms with E-state index >= 15 is 0 Å². The minimum absolute atomic E-state index is 0.0528. The molecule has 0 saturated carbocycles. The molecule has 0 spiro atoms. The van der Waals surface area contributed by atoms with E-state index in [4.69, 9.17) is 4.98 Å². The van der Waals surface area contributed by atoms with E-state index in [-0.39, 0.29) is 5.91 Å². The Morgan fingerprint density at radius 1 is 1.00 bits per heavy atom. The summed E-state index contributed by atoms with van der Waals surface area (Å²) >= 11 is 1.55. The monoisotopic (exact) mass is 397 g/mol. The molecule has 0 fully saturated rings. The molecule has 2 heterocycles. The number of nitrogens with zero attached hydrogens (tertiary/aromatic N) is 2. The summed E-state index contributed by atoms with van der Waals surface area (Å²) in [6.07, 6.45) is 1.80. The van der Waals surface area contributed by atoms with Gasteiger partial charge in [0, 0.05) is 17.1 Å². The zero-order chi connectivity index (χ0) is 19.8. The van der Waals surface area contributed by atoms with Gasteiger partial charge in [-0.25, -0.2) is 4.98 Å². The number of hydrogen-bond acceptors (Lipinski definition) is 3. The number of hydrogen-bond donors (Lipinski definition) is 1. The first-order valence-corrected chi connectivity index (χ1v) is 10.3. The molecule has 3 aromatic carbocycles. The smallest absolute Gasteiger partial charge is 0.262 e. The maximum Gasteiger partial charge on any atom is 0.262 e. The Hall–Kier alpha value is -3.44. The molecule has 0 saturated heterocycles. The van der Waals surface area contributed by atoms with E-state index in [1.54, 1.807) is 22.4 Å². The maximum absolute atomic E-state index is 13.7. The highest BCUT2D eigenvalue weighted by molar-refractivity contribution is 7.22. The third-order valence-electron chi connectivity index (χ3n) is 5.09. The fourth-order valence-electron chi connectivity index (χ4n) is 3.58. The number of para-hydroxylation sites is 2. The number of rotatable bonds is 4. The summed E-state index contributed by atoms with van der Waals surface area (Å²) in [5, 5.41) is 1.64. The molecule has 0 aliphatic carbocycles. The molecule has 142 valence electrons. The van der Waals surface area contributed by atoms with Crippen LogP contribution in [0.5, 0.6) is 0 Å². The molecular formula is C24H19N3OS. The van der Waals surface area contributed by atoms with Gasteiger partial charge in [-0.2, -0.15) is 0 Å². The van der Waals surface area contributed by atoms with Gasteiger partial charge in [0.25, 0.3) is 5.91 Å². The van der Waals surface area contributed by atoms with Crippen molar-refractivity contribution in [1.29, 1.82) is 0 Å². The largest absolute Gasteiger partial charge is 0.360 e. The molecule has 5 heteroatoms. The molecule has 0 aliphatic heterocycles. The number of benzene rings is 3. The van der Waals surface area contributed by atoms with Gasteiger partial charge in [0.15, 0.2) is 5.13 Å². The molecule has 0 unspecified atom stereocenters. The zero-order valence-electron chi connectivity index (χ0n) is 15.9. The highest BCUT2D eigenvalue weighted by Gasteiger charge is 2.24. The lowest BCUT2D eigenvalue weighted by molar-refractivity contribution is 0.0986. The first-order chi connectivity index (χ1) is 14.2. The van der Waals surface area contributed by atoms with E-state index in [2.05, 4.69) is 24.0 Å². The zero-order valence-corrected chi connectivity index (χ0v) is 16.7. The van der Waals surface area contributed by atoms with Crippen LogP contribution in [0.4, 0.5) is 5.13 Å². The van der Waals surface area contributed by atoms with E-state index in [1.165, 1.54) is 0 Å². The fourth-order valence-corrected chi connectivity index (χ4v) is 4.62. The first kappa shape index (κ1) is 17.6. The van der Waals surface area contributed by atoms with Crippen LogP contribution in [-0.2, 0) is 6.54 Å². The van der Waals surface area contributed by atoms with E-state index in [1.807, 2.05) is 60.7 Å². The Balaban J connectivity index is 1.63. The van der Waals surface area contributed by atoms with Crippen LogP contribution in [0.2, 0.25) is 0 Å². The van der Waals surface area contributed by atoms with Gasteiger partial charge >= 0.3 is 0 Å². The standard InChI is InChI=1S/C24H19N3OS/c1-16-8-7-13-21-22(16)26-24(29-21)27(15-17-9-3-2-4-10-17)23(28)19-14-25-20-12-6-5-11-18(19)20/h2-14,25H,15H2,1H3. The topological polar surface area (TPSA) is 49.0 Å². The first-order valence-electron chi connectivity index (χ1n) is 9.49. The average molecular weight is 398 g/mol. The van der Waals surface area contributed by atoms with Gasteiger partial charge in [0.05, 0.1) is 22.3 Å². The Kier molecular flexibility index (Phi) is 4.37. The highest BCUT2D eigenvalue weighted by atomic mass is 32.1. The molecular weight excluding hydrogens is 378 g/mol. The second-order valence-corrected chi connectivity index (χ2v) is 8.05. The number of carbonyl (C=O) groups excluding carboxylic acids is 1. The van der Waals surface area contributed by atoms with Crippen molar-refractivity contribution in [2.75, 3.05) is 4.90 Å². The maximum atomic E-state index is 13.7. The van der Waals surface area contributed by atoms with E-state index in [0.29, 0.717) is 17.2 Å². The van der Waals surface area contributed by atoms with Gasteiger partial charge in [-0.1, -0.05) is 72.0 Å². The number of anilines is 1. The molecule has 2 aromatic heterocycles. The second-order valence-electron chi connectivity index (χ2n) is 7.04. The number of amides is 1. The molecule has 1 amide bonds. The lowest BCUT2D eigenvalue weighted by Crippen LogP contribution is -2.30. The lowest BCUT2D eigenvalue weighted by Gasteiger charge is -2.20. The number of nitrogens with one attached hydrogen (secondary N) is 1. The molecule has 5 rings (SSSR count). The van der Waals surface area contributed by atoms with Gasteiger partial charge in [0.1, 0.15) is 0 Å². The second kappa shape index (κ2) is 7.18. The van der Waals surface area contributed by atoms with E-state index in [0.717, 1.165) is 32.2 Å². The summed E-state index contributed by atoms with van der Waals surface area (Å²) in [5.41, 5.74) is 4.75. The molecule has 29 heavy (non-hydrogen) atoms. The van der Waals surface area contributed by atoms with E-state index < -0.39 is 0 Å². The minimum Gasteiger partial charge on any atom is -0.360 e. The SMILES string of the molecule is Cc1cccc2sc(N(Cc3ccccc3)C(=O)c3c[nH]c4ccccc34)nc12. The average Bonchev–Trinajstić information content (AvgIpc) is 3.37. The number of aryl methyl sites for hydroxylation is 1. The van der Waals surface area contributed by atoms with Crippen LogP contribution in [0.3, 0.4) is 0 Å². The predicted molar refractivity (Wildman–Crippen MR) is 120 cm³/mol. The fraction of sp³-hybridized carbons (Fsp3) is 0.0833. The predicted octanol–water partition coefficient (Wildman–Crippen LogP) is 5.93. The third-order valence-corrected chi connectivity index (χ3v) is 6.13. The van der Waals surface area contributed by atoms with Crippen LogP contribution >= 0.6 is 11.3 Å². The van der Waals surface area contributed by atoms with Gasteiger partial charge in [-0.15, -0.1) is 0 Å². The molecule has 0 radical (unpaired) electrons. The molecule has 4 nitrogen and oxygen atoms in total. The lowest BCUT2D eigenvalue weighted by atomic mass is 10.1. The van der Waals surface area contributed by atoms with Crippen molar-refractivity contribution in [2.45, 2.75) is 13.5 Å². The highest BCUT2D eigenvalue weighted by Crippen LogP contribution is 2.33. The van der Waals surface area contributed by atoms with Gasteiger partial charge in [-0.05, 0) is 30.2 Å². The van der Waals surface area contributed by atoms with Crippen molar-refractivity contribution >= 4 is 43.5 Å². The Morgan fingerprint density at radius 2 is 1.79 bits per heavy atom. The summed E-state index contributed by atoms with van der Waals surface area (Å²) in [5.74, 6) is -0.0528. The van der Waals surface area contributed by atoms with Gasteiger partial charge < -0.3 is 4.98 Å². The number of H-pyrrole nitrogens is 1. The summed E-state index contributed by atoms with van der Waals surface area (Å²) in [6.45, 7) is 2.52. The Labute approximate surface area is 172 Å². The number of carbonyl (C=O) groups is 1. The molecule has 0 bridgehead atoms. The molecule has 0 aliphatic rings. The normalized spacial score (nSPS) is 11.2. The van der Waals surface area contributed by atoms with E-state index in [9.17, 15) is 4.79 Å². The van der Waals surface area contributed by atoms with Crippen molar-refractivity contribution in [3.05, 3.63) is 95.7 Å². The van der Waals surface area contributed by atoms with Crippen LogP contribution in [-0.4, -0.2) is 15.9 Å². The van der Waals surface area contributed by atoms with Crippen LogP contribution in [0.15, 0.2) is 79.0 Å². The van der Waals surface area contributed by atoms with Gasteiger partial charge in [0.2, 0.25) is 0 Å². The van der Waals surface area contributed by atoms with Crippen molar-refractivity contribution in [3.8, 4) is 0 Å². The van der Waals surface area contributed by atoms with Crippen LogP contribution in [0.1, 0.15) is 21.5 Å². The molecule has 5 aromatic rings. The summed E-state index contributed by atoms with van der Waals surface area (Å²) in [6, 6.07) is 24.0. The summed E-state index contributed by atoms with van der Waals surface area (Å²) in [4.78, 5) is 23.5. The number of aromatic amines is 1. The van der Waals surface area contributed by atoms with Crippen molar-refractivity contribution < 1.29 is 4.79 Å². The quantitative estimate of drug-likeness (QED) is 0.408. The van der Waals surface area contributed by atoms with Crippen LogP contribution in [0.25, 0.3) is 21.1 Å². The Morgan fingerprint density at radius 3 is 2.62 bits per heavy atom. The third kappa shape index (κ3) is 3.19. The Bertz CT molecular complexity index is 1320. The minimum atomic E-state index is -0.0528. The summed E-state index contributed by atoms with van der Waals surface area (Å²) in [7, 11) is 0. The molecule has 1 N–H and O–H groups in total. The van der Waals surface area contributed by atoms with Crippen LogP contribution < -0.4 is 4.90 Å².